The molecule has 0 N–H and O–H groups in total. The Morgan fingerprint density at radius 2 is 1.80 bits per heavy atom. The molecule has 0 spiro atoms. The van der Waals surface area contributed by atoms with Crippen LogP contribution in [0.25, 0.3) is 11.1 Å². The van der Waals surface area contributed by atoms with E-state index in [1.54, 1.807) is 0 Å². The van der Waals surface area contributed by atoms with Crippen LogP contribution in [0.15, 0.2) is 42.7 Å². The smallest absolute Gasteiger partial charge is 0.119 e. The van der Waals surface area contributed by atoms with Crippen molar-refractivity contribution in [3.8, 4) is 16.9 Å². The van der Waals surface area contributed by atoms with E-state index in [4.69, 9.17) is 4.74 Å². The molecule has 0 saturated heterocycles. The molecular weight excluding hydrogens is 246 g/mol. The van der Waals surface area contributed by atoms with Crippen LogP contribution in [0.3, 0.4) is 0 Å². The van der Waals surface area contributed by atoms with Crippen LogP contribution in [-0.2, 0) is 0 Å². The number of hydrogen-bond acceptors (Lipinski definition) is 2. The van der Waals surface area contributed by atoms with E-state index in [1.807, 2.05) is 45.3 Å². The van der Waals surface area contributed by atoms with Crippen LogP contribution < -0.4 is 4.74 Å². The largest absolute Gasteiger partial charge is 0.494 e. The number of pyridine rings is 1. The summed E-state index contributed by atoms with van der Waals surface area (Å²) in [5.41, 5.74) is 3.45. The Bertz CT molecular complexity index is 494. The van der Waals surface area contributed by atoms with E-state index >= 15 is 0 Å². The van der Waals surface area contributed by atoms with Gasteiger partial charge in [-0.05, 0) is 42.7 Å². The zero-order valence-corrected chi connectivity index (χ0v) is 12.3. The van der Waals surface area contributed by atoms with Gasteiger partial charge < -0.3 is 4.74 Å². The van der Waals surface area contributed by atoms with Crippen LogP contribution >= 0.6 is 0 Å². The Morgan fingerprint density at radius 3 is 2.45 bits per heavy atom. The molecule has 0 amide bonds. The molecule has 0 atom stereocenters. The third-order valence-electron chi connectivity index (χ3n) is 2.52. The van der Waals surface area contributed by atoms with E-state index in [0.29, 0.717) is 0 Å². The van der Waals surface area contributed by atoms with Crippen LogP contribution in [0, 0.1) is 6.92 Å². The second-order valence-electron chi connectivity index (χ2n) is 4.13. The predicted molar refractivity (Wildman–Crippen MR) is 88.3 cm³/mol. The molecule has 1 aromatic carbocycles. The summed E-state index contributed by atoms with van der Waals surface area (Å²) >= 11 is 0. The molecule has 0 unspecified atom stereocenters. The average molecular weight is 273 g/mol. The van der Waals surface area contributed by atoms with Gasteiger partial charge in [0.15, 0.2) is 0 Å². The fraction of sp³-hybridized carbons (Fsp3) is 0.389. The summed E-state index contributed by atoms with van der Waals surface area (Å²) in [6.07, 6.45) is 4.77. The summed E-state index contributed by atoms with van der Waals surface area (Å²) in [5, 5.41) is 0. The van der Waals surface area contributed by atoms with Crippen molar-refractivity contribution in [2.75, 3.05) is 6.61 Å². The maximum atomic E-state index is 5.63. The van der Waals surface area contributed by atoms with E-state index in [1.165, 1.54) is 5.56 Å². The lowest BCUT2D eigenvalue weighted by molar-refractivity contribution is 0.317. The summed E-state index contributed by atoms with van der Waals surface area (Å²) in [7, 11) is 0. The Balaban J connectivity index is 0.00000115. The number of benzene rings is 1. The fourth-order valence-corrected chi connectivity index (χ4v) is 1.70. The highest BCUT2D eigenvalue weighted by Gasteiger charge is 2.00. The van der Waals surface area contributed by atoms with Gasteiger partial charge in [0, 0.05) is 18.0 Å². The SMILES string of the molecule is C.CC.CCCOc1cccc(-c2cncc(C)c2)c1. The Labute approximate surface area is 123 Å². The predicted octanol–water partition coefficient (Wildman–Crippen LogP) is 5.51. The first kappa shape index (κ1) is 18.2. The summed E-state index contributed by atoms with van der Waals surface area (Å²) in [5.74, 6) is 0.922. The summed E-state index contributed by atoms with van der Waals surface area (Å²) in [6.45, 7) is 8.91. The van der Waals surface area contributed by atoms with Gasteiger partial charge in [0.1, 0.15) is 5.75 Å². The normalized spacial score (nSPS) is 9.00. The van der Waals surface area contributed by atoms with Crippen molar-refractivity contribution in [3.05, 3.63) is 48.3 Å². The number of aromatic nitrogens is 1. The Hall–Kier alpha value is -1.83. The van der Waals surface area contributed by atoms with Crippen LogP contribution in [0.1, 0.15) is 40.2 Å². The molecule has 1 aromatic heterocycles. The zero-order chi connectivity index (χ0) is 14.1. The third-order valence-corrected chi connectivity index (χ3v) is 2.52. The molecule has 110 valence electrons. The number of nitrogens with zero attached hydrogens (tertiary/aromatic N) is 1. The number of rotatable bonds is 4. The zero-order valence-electron chi connectivity index (χ0n) is 12.3. The van der Waals surface area contributed by atoms with Crippen molar-refractivity contribution in [3.63, 3.8) is 0 Å². The molecule has 0 aliphatic rings. The van der Waals surface area contributed by atoms with Crippen LogP contribution in [-0.4, -0.2) is 11.6 Å². The van der Waals surface area contributed by atoms with E-state index in [9.17, 15) is 0 Å². The van der Waals surface area contributed by atoms with Gasteiger partial charge in [-0.2, -0.15) is 0 Å². The lowest BCUT2D eigenvalue weighted by atomic mass is 10.1. The maximum Gasteiger partial charge on any atom is 0.119 e. The molecule has 0 fully saturated rings. The number of ether oxygens (including phenoxy) is 1. The summed E-state index contributed by atoms with van der Waals surface area (Å²) in [6, 6.07) is 10.3. The lowest BCUT2D eigenvalue weighted by Gasteiger charge is -2.07. The Kier molecular flexibility index (Phi) is 9.10. The highest BCUT2D eigenvalue weighted by Crippen LogP contribution is 2.23. The minimum Gasteiger partial charge on any atom is -0.494 e. The van der Waals surface area contributed by atoms with Crippen molar-refractivity contribution in [1.82, 2.24) is 4.98 Å². The lowest BCUT2D eigenvalue weighted by Crippen LogP contribution is -1.94. The first-order chi connectivity index (χ1) is 9.29. The van der Waals surface area contributed by atoms with Gasteiger partial charge in [-0.15, -0.1) is 0 Å². The van der Waals surface area contributed by atoms with Crippen molar-refractivity contribution >= 4 is 0 Å². The fourth-order valence-electron chi connectivity index (χ4n) is 1.70. The second kappa shape index (κ2) is 10.0. The van der Waals surface area contributed by atoms with Gasteiger partial charge in [0.05, 0.1) is 6.61 Å². The summed E-state index contributed by atoms with van der Waals surface area (Å²) < 4.78 is 5.63. The van der Waals surface area contributed by atoms with Gasteiger partial charge in [0.25, 0.3) is 0 Å². The average Bonchev–Trinajstić information content (AvgIpc) is 2.47. The number of aryl methyl sites for hydroxylation is 1. The van der Waals surface area contributed by atoms with Crippen molar-refractivity contribution in [1.29, 1.82) is 0 Å². The van der Waals surface area contributed by atoms with Gasteiger partial charge in [0.2, 0.25) is 0 Å². The quantitative estimate of drug-likeness (QED) is 0.733. The molecule has 2 heteroatoms. The van der Waals surface area contributed by atoms with Crippen molar-refractivity contribution in [2.45, 2.75) is 41.5 Å². The first-order valence-corrected chi connectivity index (χ1v) is 6.94. The molecule has 2 aromatic rings. The van der Waals surface area contributed by atoms with Crippen molar-refractivity contribution in [2.24, 2.45) is 0 Å². The Morgan fingerprint density at radius 1 is 1.05 bits per heavy atom. The molecule has 0 radical (unpaired) electrons. The minimum absolute atomic E-state index is 0. The molecule has 2 rings (SSSR count). The van der Waals surface area contributed by atoms with E-state index < -0.39 is 0 Å². The van der Waals surface area contributed by atoms with Gasteiger partial charge in [-0.3, -0.25) is 4.98 Å². The van der Waals surface area contributed by atoms with Crippen LogP contribution in [0.5, 0.6) is 5.75 Å². The molecule has 0 bridgehead atoms. The second-order valence-corrected chi connectivity index (χ2v) is 4.13. The molecule has 0 saturated carbocycles. The van der Waals surface area contributed by atoms with Crippen LogP contribution in [0.2, 0.25) is 0 Å². The molecular formula is C18H27NO. The monoisotopic (exact) mass is 273 g/mol. The van der Waals surface area contributed by atoms with Crippen molar-refractivity contribution < 1.29 is 4.74 Å². The first-order valence-electron chi connectivity index (χ1n) is 6.94. The highest BCUT2D eigenvalue weighted by molar-refractivity contribution is 5.64. The minimum atomic E-state index is 0. The van der Waals surface area contributed by atoms with E-state index in [2.05, 4.69) is 30.1 Å². The number of hydrogen-bond donors (Lipinski definition) is 0. The van der Waals surface area contributed by atoms with Gasteiger partial charge in [-0.1, -0.05) is 40.3 Å². The molecule has 2 nitrogen and oxygen atoms in total. The third kappa shape index (κ3) is 5.43. The maximum absolute atomic E-state index is 5.63. The molecule has 0 aliphatic heterocycles. The van der Waals surface area contributed by atoms with Gasteiger partial charge >= 0.3 is 0 Å². The highest BCUT2D eigenvalue weighted by atomic mass is 16.5. The topological polar surface area (TPSA) is 22.1 Å². The standard InChI is InChI=1S/C15H17NO.C2H6.CH4/c1-3-7-17-15-6-4-5-13(9-15)14-8-12(2)10-16-11-14;1-2;/h4-6,8-11H,3,7H2,1-2H3;1-2H3;1H4. The molecule has 20 heavy (non-hydrogen) atoms. The summed E-state index contributed by atoms with van der Waals surface area (Å²) in [4.78, 5) is 4.21. The van der Waals surface area contributed by atoms with E-state index in [0.717, 1.165) is 29.9 Å². The van der Waals surface area contributed by atoms with Crippen LogP contribution in [0.4, 0.5) is 0 Å². The molecule has 0 aliphatic carbocycles. The molecule has 1 heterocycles. The van der Waals surface area contributed by atoms with Gasteiger partial charge in [-0.25, -0.2) is 0 Å². The van der Waals surface area contributed by atoms with E-state index in [-0.39, 0.29) is 7.43 Å².